The van der Waals surface area contributed by atoms with Crippen LogP contribution >= 0.6 is 24.0 Å². The Labute approximate surface area is 188 Å². The first-order chi connectivity index (χ1) is 13.3. The molecule has 2 aliphatic heterocycles. The number of carbonyl (C=O) groups is 1. The van der Waals surface area contributed by atoms with Crippen molar-refractivity contribution in [2.75, 3.05) is 26.2 Å². The molecule has 0 spiro atoms. The smallest absolute Gasteiger partial charge is 0.410 e. The molecular weight excluding hydrogens is 483 g/mol. The van der Waals surface area contributed by atoms with Crippen LogP contribution in [0.5, 0.6) is 0 Å². The fourth-order valence-electron chi connectivity index (χ4n) is 3.70. The van der Waals surface area contributed by atoms with E-state index in [1.54, 1.807) is 4.90 Å². The predicted molar refractivity (Wildman–Crippen MR) is 124 cm³/mol. The number of para-hydroxylation sites is 1. The molecule has 3 heterocycles. The van der Waals surface area contributed by atoms with Crippen LogP contribution in [0.25, 0.3) is 11.0 Å². The van der Waals surface area contributed by atoms with Gasteiger partial charge in [0.15, 0.2) is 5.96 Å². The summed E-state index contributed by atoms with van der Waals surface area (Å²) in [5.41, 5.74) is 2.75. The molecule has 0 saturated carbocycles. The van der Waals surface area contributed by atoms with Crippen LogP contribution in [-0.4, -0.2) is 69.6 Å². The van der Waals surface area contributed by atoms with Crippen LogP contribution in [0, 0.1) is 6.92 Å². The van der Waals surface area contributed by atoms with E-state index in [0.717, 1.165) is 34.9 Å². The zero-order valence-electron chi connectivity index (χ0n) is 17.4. The average molecular weight is 512 g/mol. The number of piperazine rings is 1. The van der Waals surface area contributed by atoms with Gasteiger partial charge in [-0.15, -0.1) is 24.0 Å². The molecule has 158 valence electrons. The van der Waals surface area contributed by atoms with Gasteiger partial charge >= 0.3 is 6.09 Å². The highest BCUT2D eigenvalue weighted by molar-refractivity contribution is 14.0. The third kappa shape index (κ3) is 4.76. The summed E-state index contributed by atoms with van der Waals surface area (Å²) in [4.78, 5) is 29.0. The Hall–Kier alpha value is -2.04. The van der Waals surface area contributed by atoms with E-state index >= 15 is 0 Å². The minimum absolute atomic E-state index is 0. The number of nitrogens with one attached hydrogen (secondary N) is 2. The number of imidazole rings is 1. The number of nitrogens with zero attached hydrogens (tertiary/aromatic N) is 4. The Morgan fingerprint density at radius 1 is 1.34 bits per heavy atom. The van der Waals surface area contributed by atoms with Crippen LogP contribution in [0.4, 0.5) is 4.79 Å². The number of aliphatic imine (C=N–C) groups is 1. The lowest BCUT2D eigenvalue weighted by Gasteiger charge is -2.39. The van der Waals surface area contributed by atoms with Gasteiger partial charge < -0.3 is 24.8 Å². The number of aryl methyl sites for hydroxylation is 1. The van der Waals surface area contributed by atoms with Crippen LogP contribution < -0.4 is 5.32 Å². The van der Waals surface area contributed by atoms with Crippen LogP contribution in [-0.2, 0) is 11.3 Å². The van der Waals surface area contributed by atoms with E-state index in [-0.39, 0.29) is 36.1 Å². The Bertz CT molecular complexity index is 919. The molecule has 1 aromatic carbocycles. The summed E-state index contributed by atoms with van der Waals surface area (Å²) in [5.74, 6) is 1.77. The maximum Gasteiger partial charge on any atom is 0.410 e. The van der Waals surface area contributed by atoms with Crippen molar-refractivity contribution in [2.45, 2.75) is 45.9 Å². The number of halogens is 1. The van der Waals surface area contributed by atoms with Crippen molar-refractivity contribution in [1.82, 2.24) is 25.1 Å². The van der Waals surface area contributed by atoms with E-state index in [1.807, 2.05) is 32.9 Å². The molecule has 8 nitrogen and oxygen atoms in total. The predicted octanol–water partition coefficient (Wildman–Crippen LogP) is 2.87. The summed E-state index contributed by atoms with van der Waals surface area (Å²) in [6, 6.07) is 6.33. The average Bonchev–Trinajstić information content (AvgIpc) is 3.22. The number of fused-ring (bicyclic) bond motifs is 2. The van der Waals surface area contributed by atoms with Gasteiger partial charge in [0.2, 0.25) is 0 Å². The number of benzene rings is 1. The summed E-state index contributed by atoms with van der Waals surface area (Å²) in [6.07, 6.45) is -0.244. The summed E-state index contributed by atoms with van der Waals surface area (Å²) in [7, 11) is 0. The fourth-order valence-corrected chi connectivity index (χ4v) is 3.70. The molecule has 1 amide bonds. The van der Waals surface area contributed by atoms with E-state index in [0.29, 0.717) is 26.2 Å². The second-order valence-corrected chi connectivity index (χ2v) is 8.45. The summed E-state index contributed by atoms with van der Waals surface area (Å²) >= 11 is 0. The maximum absolute atomic E-state index is 12.3. The van der Waals surface area contributed by atoms with Crippen LogP contribution in [0.3, 0.4) is 0 Å². The number of guanidine groups is 1. The van der Waals surface area contributed by atoms with Crippen molar-refractivity contribution < 1.29 is 9.53 Å². The maximum atomic E-state index is 12.3. The van der Waals surface area contributed by atoms with Gasteiger partial charge in [0.1, 0.15) is 11.4 Å². The minimum atomic E-state index is -0.474. The van der Waals surface area contributed by atoms with Crippen LogP contribution in [0.15, 0.2) is 23.2 Å². The number of aromatic nitrogens is 2. The van der Waals surface area contributed by atoms with Gasteiger partial charge in [0.25, 0.3) is 0 Å². The van der Waals surface area contributed by atoms with Crippen molar-refractivity contribution >= 4 is 47.1 Å². The second-order valence-electron chi connectivity index (χ2n) is 8.45. The first kappa shape index (κ1) is 21.7. The number of ether oxygens (including phenoxy) is 1. The Kier molecular flexibility index (Phi) is 6.25. The molecule has 2 aliphatic rings. The largest absolute Gasteiger partial charge is 0.444 e. The number of rotatable bonds is 2. The Morgan fingerprint density at radius 3 is 2.86 bits per heavy atom. The topological polar surface area (TPSA) is 85.8 Å². The number of hydrogen-bond acceptors (Lipinski definition) is 6. The van der Waals surface area contributed by atoms with Gasteiger partial charge in [-0.3, -0.25) is 4.99 Å². The number of H-pyrrole nitrogens is 1. The van der Waals surface area contributed by atoms with Gasteiger partial charge in [-0.25, -0.2) is 9.78 Å². The number of carbonyl (C=O) groups excluding carboxylic acids is 1. The van der Waals surface area contributed by atoms with Gasteiger partial charge in [0, 0.05) is 19.6 Å². The van der Waals surface area contributed by atoms with Crippen molar-refractivity contribution in [3.8, 4) is 0 Å². The standard InChI is InChI=1S/C20H28N6O2.HI/c1-13-6-5-7-15-17(13)24-16(23-15)11-22-18-21-10-14-12-25(8-9-26(14)18)19(27)28-20(2,3)4;/h5-7,14H,8-12H2,1-4H3,(H,21,22)(H,23,24);1H. The van der Waals surface area contributed by atoms with Crippen molar-refractivity contribution in [2.24, 2.45) is 4.99 Å². The molecule has 2 aromatic rings. The lowest BCUT2D eigenvalue weighted by Crippen LogP contribution is -2.57. The third-order valence-corrected chi connectivity index (χ3v) is 5.04. The molecular formula is C20H29IN6O2. The molecule has 29 heavy (non-hydrogen) atoms. The van der Waals surface area contributed by atoms with E-state index in [1.165, 1.54) is 0 Å². The molecule has 0 bridgehead atoms. The summed E-state index contributed by atoms with van der Waals surface area (Å²) < 4.78 is 5.50. The highest BCUT2D eigenvalue weighted by Gasteiger charge is 2.36. The normalized spacial score (nSPS) is 18.9. The monoisotopic (exact) mass is 512 g/mol. The lowest BCUT2D eigenvalue weighted by atomic mass is 10.2. The van der Waals surface area contributed by atoms with Crippen LogP contribution in [0.2, 0.25) is 0 Å². The highest BCUT2D eigenvalue weighted by Crippen LogP contribution is 2.19. The number of amides is 1. The molecule has 2 N–H and O–H groups in total. The van der Waals surface area contributed by atoms with Gasteiger partial charge in [-0.1, -0.05) is 12.1 Å². The number of hydrogen-bond donors (Lipinski definition) is 2. The fraction of sp³-hybridized carbons (Fsp3) is 0.550. The lowest BCUT2D eigenvalue weighted by molar-refractivity contribution is 0.0137. The summed E-state index contributed by atoms with van der Waals surface area (Å²) in [6.45, 7) is 11.0. The van der Waals surface area contributed by atoms with Gasteiger partial charge in [0.05, 0.1) is 30.2 Å². The molecule has 1 saturated heterocycles. The SMILES string of the molecule is Cc1cccc2[nH]c(CNC3=NCC4CN(C(=O)OC(C)(C)C)CCN34)nc12.I. The zero-order chi connectivity index (χ0) is 19.9. The second kappa shape index (κ2) is 8.37. The molecule has 4 rings (SSSR count). The van der Waals surface area contributed by atoms with E-state index in [2.05, 4.69) is 38.2 Å². The Morgan fingerprint density at radius 2 is 2.14 bits per heavy atom. The molecule has 1 aromatic heterocycles. The molecule has 9 heteroatoms. The van der Waals surface area contributed by atoms with Gasteiger partial charge in [-0.05, 0) is 39.3 Å². The number of aromatic amines is 1. The first-order valence-corrected chi connectivity index (χ1v) is 9.77. The molecule has 1 unspecified atom stereocenters. The van der Waals surface area contributed by atoms with E-state index in [9.17, 15) is 4.79 Å². The van der Waals surface area contributed by atoms with E-state index < -0.39 is 5.60 Å². The molecule has 1 atom stereocenters. The molecule has 1 fully saturated rings. The molecule has 0 radical (unpaired) electrons. The third-order valence-electron chi connectivity index (χ3n) is 5.04. The van der Waals surface area contributed by atoms with Crippen LogP contribution in [0.1, 0.15) is 32.2 Å². The minimum Gasteiger partial charge on any atom is -0.444 e. The van der Waals surface area contributed by atoms with Crippen molar-refractivity contribution in [3.05, 3.63) is 29.6 Å². The summed E-state index contributed by atoms with van der Waals surface area (Å²) in [5, 5.41) is 3.41. The van der Waals surface area contributed by atoms with E-state index in [4.69, 9.17) is 4.74 Å². The highest BCUT2D eigenvalue weighted by atomic mass is 127. The van der Waals surface area contributed by atoms with Crippen molar-refractivity contribution in [1.29, 1.82) is 0 Å². The molecule has 0 aliphatic carbocycles. The van der Waals surface area contributed by atoms with Crippen molar-refractivity contribution in [3.63, 3.8) is 0 Å². The Balaban J connectivity index is 0.00000240. The van der Waals surface area contributed by atoms with Gasteiger partial charge in [-0.2, -0.15) is 0 Å². The quantitative estimate of drug-likeness (QED) is 0.605. The zero-order valence-corrected chi connectivity index (χ0v) is 19.7. The first-order valence-electron chi connectivity index (χ1n) is 9.77.